The van der Waals surface area contributed by atoms with Crippen molar-refractivity contribution in [3.05, 3.63) is 100 Å². The number of thiophene rings is 1. The predicted octanol–water partition coefficient (Wildman–Crippen LogP) is 2.54. The third-order valence-electron chi connectivity index (χ3n) is 6.20. The molecule has 2 aromatic heterocycles. The molecule has 4 aromatic rings. The van der Waals surface area contributed by atoms with Gasteiger partial charge >= 0.3 is 0 Å². The van der Waals surface area contributed by atoms with Gasteiger partial charge in [-0.25, -0.2) is 4.98 Å². The average Bonchev–Trinajstić information content (AvgIpc) is 3.66. The molecular formula is C27H26N4O4S. The number of nitrogens with zero attached hydrogens (tertiary/aromatic N) is 3. The molecule has 2 aromatic carbocycles. The van der Waals surface area contributed by atoms with Crippen molar-refractivity contribution >= 4 is 23.2 Å². The number of rotatable bonds is 8. The van der Waals surface area contributed by atoms with Gasteiger partial charge in [-0.3, -0.25) is 9.59 Å². The summed E-state index contributed by atoms with van der Waals surface area (Å²) < 4.78 is 2.06. The number of amides is 2. The first-order chi connectivity index (χ1) is 17.5. The number of hydrogen-bond acceptors (Lipinski definition) is 6. The molecule has 0 fully saturated rings. The minimum atomic E-state index is -1.85. The fourth-order valence-corrected chi connectivity index (χ4v) is 5.24. The van der Waals surface area contributed by atoms with E-state index in [4.69, 9.17) is 0 Å². The lowest BCUT2D eigenvalue weighted by Crippen LogP contribution is -2.49. The van der Waals surface area contributed by atoms with Crippen LogP contribution in [0, 0.1) is 0 Å². The largest absolute Gasteiger partial charge is 0.380 e. The van der Waals surface area contributed by atoms with Gasteiger partial charge in [-0.15, -0.1) is 11.3 Å². The van der Waals surface area contributed by atoms with Crippen LogP contribution in [-0.2, 0) is 35.8 Å². The van der Waals surface area contributed by atoms with Crippen LogP contribution in [0.4, 0.5) is 0 Å². The van der Waals surface area contributed by atoms with Crippen LogP contribution in [0.25, 0.3) is 11.4 Å². The SMILES string of the molecule is O=C(NCc1ccc(Cn2ccnc2-c2ccccc2)s1)[C@H](O)C(O)C(=O)N1Cc2ccccc2C1. The van der Waals surface area contributed by atoms with E-state index in [2.05, 4.69) is 14.9 Å². The summed E-state index contributed by atoms with van der Waals surface area (Å²) >= 11 is 1.53. The molecule has 3 heterocycles. The molecule has 3 N–H and O–H groups in total. The highest BCUT2D eigenvalue weighted by molar-refractivity contribution is 7.11. The van der Waals surface area contributed by atoms with Gasteiger partial charge in [0.25, 0.3) is 11.8 Å². The molecule has 0 bridgehead atoms. The van der Waals surface area contributed by atoms with Gasteiger partial charge in [-0.05, 0) is 23.3 Å². The number of nitrogens with one attached hydrogen (secondary N) is 1. The van der Waals surface area contributed by atoms with Crippen LogP contribution in [-0.4, -0.2) is 48.7 Å². The van der Waals surface area contributed by atoms with E-state index < -0.39 is 24.0 Å². The van der Waals surface area contributed by atoms with Gasteiger partial charge in [-0.1, -0.05) is 54.6 Å². The van der Waals surface area contributed by atoms with E-state index in [1.165, 1.54) is 16.2 Å². The first kappa shape index (κ1) is 23.9. The smallest absolute Gasteiger partial charge is 0.255 e. The van der Waals surface area contributed by atoms with Crippen LogP contribution >= 0.6 is 11.3 Å². The zero-order chi connectivity index (χ0) is 25.1. The molecule has 36 heavy (non-hydrogen) atoms. The number of aromatic nitrogens is 2. The summed E-state index contributed by atoms with van der Waals surface area (Å²) in [5.74, 6) is -0.577. The molecule has 2 amide bonds. The molecule has 2 atom stereocenters. The lowest BCUT2D eigenvalue weighted by atomic mass is 10.1. The Kier molecular flexibility index (Phi) is 6.95. The van der Waals surface area contributed by atoms with Crippen LogP contribution in [0.2, 0.25) is 0 Å². The van der Waals surface area contributed by atoms with E-state index in [0.29, 0.717) is 19.6 Å². The van der Waals surface area contributed by atoms with E-state index in [1.54, 1.807) is 6.20 Å². The summed E-state index contributed by atoms with van der Waals surface area (Å²) in [5.41, 5.74) is 3.03. The molecule has 1 aliphatic rings. The van der Waals surface area contributed by atoms with Crippen molar-refractivity contribution in [1.29, 1.82) is 0 Å². The molecule has 0 saturated heterocycles. The van der Waals surface area contributed by atoms with E-state index in [-0.39, 0.29) is 6.54 Å². The van der Waals surface area contributed by atoms with Crippen LogP contribution < -0.4 is 5.32 Å². The maximum Gasteiger partial charge on any atom is 0.255 e. The first-order valence-corrected chi connectivity index (χ1v) is 12.4. The van der Waals surface area contributed by atoms with Crippen molar-refractivity contribution in [2.45, 2.75) is 38.4 Å². The Morgan fingerprint density at radius 2 is 1.58 bits per heavy atom. The lowest BCUT2D eigenvalue weighted by molar-refractivity contribution is -0.153. The van der Waals surface area contributed by atoms with Gasteiger partial charge in [0, 0.05) is 40.8 Å². The molecule has 0 aliphatic carbocycles. The minimum Gasteiger partial charge on any atom is -0.380 e. The van der Waals surface area contributed by atoms with Crippen molar-refractivity contribution < 1.29 is 19.8 Å². The van der Waals surface area contributed by atoms with E-state index >= 15 is 0 Å². The number of imidazole rings is 1. The zero-order valence-electron chi connectivity index (χ0n) is 19.4. The van der Waals surface area contributed by atoms with E-state index in [1.807, 2.05) is 72.9 Å². The highest BCUT2D eigenvalue weighted by Crippen LogP contribution is 2.24. The zero-order valence-corrected chi connectivity index (χ0v) is 20.3. The van der Waals surface area contributed by atoms with Gasteiger partial charge in [0.2, 0.25) is 0 Å². The molecule has 8 nitrogen and oxygen atoms in total. The Morgan fingerprint density at radius 1 is 0.917 bits per heavy atom. The summed E-state index contributed by atoms with van der Waals surface area (Å²) in [4.78, 5) is 33.0. The first-order valence-electron chi connectivity index (χ1n) is 11.6. The quantitative estimate of drug-likeness (QED) is 0.343. The van der Waals surface area contributed by atoms with Crippen molar-refractivity contribution in [3.63, 3.8) is 0 Å². The number of carbonyl (C=O) groups is 2. The number of hydrogen-bond donors (Lipinski definition) is 3. The minimum absolute atomic E-state index is 0.187. The summed E-state index contributed by atoms with van der Waals surface area (Å²) in [6, 6.07) is 21.5. The Bertz CT molecular complexity index is 1340. The fourth-order valence-electron chi connectivity index (χ4n) is 4.29. The van der Waals surface area contributed by atoms with Crippen LogP contribution in [0.3, 0.4) is 0 Å². The second-order valence-corrected chi connectivity index (χ2v) is 9.94. The second kappa shape index (κ2) is 10.4. The average molecular weight is 503 g/mol. The third kappa shape index (κ3) is 5.08. The van der Waals surface area contributed by atoms with Gasteiger partial charge in [0.1, 0.15) is 5.82 Å². The number of carbonyl (C=O) groups excluding carboxylic acids is 2. The molecule has 0 radical (unpaired) electrons. The predicted molar refractivity (Wildman–Crippen MR) is 136 cm³/mol. The number of fused-ring (bicyclic) bond motifs is 1. The standard InChI is InChI=1S/C27H26N4O4S/c32-23(24(33)27(35)31-15-19-8-4-5-9-20(19)16-31)26(34)29-14-21-10-11-22(36-21)17-30-13-12-28-25(30)18-6-2-1-3-7-18/h1-13,23-24,32-33H,14-17H2,(H,29,34)/t23-,24?/m1/s1. The van der Waals surface area contributed by atoms with Crippen molar-refractivity contribution in [2.24, 2.45) is 0 Å². The fraction of sp³-hybridized carbons (Fsp3) is 0.222. The molecule has 0 spiro atoms. The third-order valence-corrected chi connectivity index (χ3v) is 7.27. The maximum atomic E-state index is 12.6. The molecule has 1 aliphatic heterocycles. The summed E-state index contributed by atoms with van der Waals surface area (Å²) in [7, 11) is 0. The molecule has 5 rings (SSSR count). The van der Waals surface area contributed by atoms with Crippen LogP contribution in [0.5, 0.6) is 0 Å². The van der Waals surface area contributed by atoms with Crippen LogP contribution in [0.1, 0.15) is 20.9 Å². The van der Waals surface area contributed by atoms with Gasteiger partial charge in [-0.2, -0.15) is 0 Å². The van der Waals surface area contributed by atoms with Crippen molar-refractivity contribution in [2.75, 3.05) is 0 Å². The normalized spacial score (nSPS) is 14.3. The summed E-state index contributed by atoms with van der Waals surface area (Å²) in [5, 5.41) is 23.3. The van der Waals surface area contributed by atoms with Gasteiger partial charge in [0.05, 0.1) is 13.1 Å². The Labute approximate surface area is 212 Å². The monoisotopic (exact) mass is 502 g/mol. The number of benzene rings is 2. The van der Waals surface area contributed by atoms with Gasteiger partial charge < -0.3 is 25.0 Å². The molecule has 9 heteroatoms. The topological polar surface area (TPSA) is 108 Å². The Hall–Kier alpha value is -3.79. The van der Waals surface area contributed by atoms with Crippen molar-refractivity contribution in [1.82, 2.24) is 19.8 Å². The second-order valence-electron chi connectivity index (χ2n) is 8.68. The number of aliphatic hydroxyl groups is 2. The van der Waals surface area contributed by atoms with Gasteiger partial charge in [0.15, 0.2) is 12.2 Å². The Morgan fingerprint density at radius 3 is 2.31 bits per heavy atom. The lowest BCUT2D eigenvalue weighted by Gasteiger charge is -2.22. The van der Waals surface area contributed by atoms with Crippen molar-refractivity contribution in [3.8, 4) is 11.4 Å². The summed E-state index contributed by atoms with van der Waals surface area (Å²) in [6.45, 7) is 1.52. The highest BCUT2D eigenvalue weighted by atomic mass is 32.1. The molecule has 1 unspecified atom stereocenters. The Balaban J connectivity index is 1.14. The van der Waals surface area contributed by atoms with E-state index in [9.17, 15) is 19.8 Å². The molecular weight excluding hydrogens is 476 g/mol. The molecule has 0 saturated carbocycles. The van der Waals surface area contributed by atoms with E-state index in [0.717, 1.165) is 32.3 Å². The number of aliphatic hydroxyl groups excluding tert-OH is 2. The highest BCUT2D eigenvalue weighted by Gasteiger charge is 2.35. The maximum absolute atomic E-state index is 12.6. The summed E-state index contributed by atoms with van der Waals surface area (Å²) in [6.07, 6.45) is 0.0270. The van der Waals surface area contributed by atoms with Crippen LogP contribution in [0.15, 0.2) is 79.1 Å². The molecule has 184 valence electrons.